The number of carbonyl (C=O) groups is 2. The van der Waals surface area contributed by atoms with Gasteiger partial charge in [-0.25, -0.2) is 4.79 Å². The SMILES string of the molecule is CC(=O)NC(=S)Nc1c(C)ccc(C(=O)O)c1C. The molecule has 0 bridgehead atoms. The summed E-state index contributed by atoms with van der Waals surface area (Å²) < 4.78 is 0. The minimum atomic E-state index is -0.999. The molecule has 0 heterocycles. The van der Waals surface area contributed by atoms with E-state index in [9.17, 15) is 9.59 Å². The maximum absolute atomic E-state index is 11.0. The summed E-state index contributed by atoms with van der Waals surface area (Å²) >= 11 is 4.95. The van der Waals surface area contributed by atoms with E-state index in [0.717, 1.165) is 5.56 Å². The van der Waals surface area contributed by atoms with Crippen molar-refractivity contribution in [3.8, 4) is 0 Å². The molecule has 1 aromatic rings. The van der Waals surface area contributed by atoms with Crippen LogP contribution in [-0.4, -0.2) is 22.1 Å². The quantitative estimate of drug-likeness (QED) is 0.712. The molecule has 3 N–H and O–H groups in total. The Labute approximate surface area is 110 Å². The number of aryl methyl sites for hydroxylation is 1. The molecule has 0 aliphatic rings. The highest BCUT2D eigenvalue weighted by molar-refractivity contribution is 7.80. The average molecular weight is 266 g/mol. The summed E-state index contributed by atoms with van der Waals surface area (Å²) in [7, 11) is 0. The molecular weight excluding hydrogens is 252 g/mol. The van der Waals surface area contributed by atoms with Crippen molar-refractivity contribution in [3.05, 3.63) is 28.8 Å². The highest BCUT2D eigenvalue weighted by Gasteiger charge is 2.13. The first-order valence-corrected chi connectivity index (χ1v) is 5.65. The molecule has 1 amide bonds. The molecule has 0 unspecified atom stereocenters. The van der Waals surface area contributed by atoms with Gasteiger partial charge in [0.1, 0.15) is 0 Å². The largest absolute Gasteiger partial charge is 0.478 e. The molecule has 0 spiro atoms. The molecular formula is C12H14N2O3S. The number of aromatic carboxylic acids is 1. The summed E-state index contributed by atoms with van der Waals surface area (Å²) in [5.74, 6) is -1.28. The Morgan fingerprint density at radius 2 is 1.89 bits per heavy atom. The van der Waals surface area contributed by atoms with E-state index in [1.165, 1.54) is 6.92 Å². The number of rotatable bonds is 2. The van der Waals surface area contributed by atoms with Gasteiger partial charge in [0.15, 0.2) is 5.11 Å². The van der Waals surface area contributed by atoms with Crippen molar-refractivity contribution in [2.75, 3.05) is 5.32 Å². The Hall–Kier alpha value is -1.95. The van der Waals surface area contributed by atoms with Crippen molar-refractivity contribution in [3.63, 3.8) is 0 Å². The van der Waals surface area contributed by atoms with Crippen molar-refractivity contribution in [1.29, 1.82) is 0 Å². The number of amides is 1. The zero-order valence-corrected chi connectivity index (χ0v) is 11.1. The molecule has 0 fully saturated rings. The predicted octanol–water partition coefficient (Wildman–Crippen LogP) is 1.83. The van der Waals surface area contributed by atoms with Gasteiger partial charge < -0.3 is 15.7 Å². The second-order valence-electron chi connectivity index (χ2n) is 3.87. The highest BCUT2D eigenvalue weighted by Crippen LogP contribution is 2.23. The van der Waals surface area contributed by atoms with Gasteiger partial charge in [0.05, 0.1) is 5.56 Å². The van der Waals surface area contributed by atoms with Crippen LogP contribution in [0.2, 0.25) is 0 Å². The zero-order chi connectivity index (χ0) is 13.9. The van der Waals surface area contributed by atoms with Gasteiger partial charge >= 0.3 is 5.97 Å². The third-order valence-electron chi connectivity index (χ3n) is 2.43. The molecule has 0 aliphatic carbocycles. The number of hydrogen-bond acceptors (Lipinski definition) is 3. The predicted molar refractivity (Wildman–Crippen MR) is 72.9 cm³/mol. The van der Waals surface area contributed by atoms with Gasteiger partial charge in [0.2, 0.25) is 5.91 Å². The van der Waals surface area contributed by atoms with Gasteiger partial charge in [0.25, 0.3) is 0 Å². The Balaban J connectivity index is 3.08. The van der Waals surface area contributed by atoms with E-state index < -0.39 is 5.97 Å². The Morgan fingerprint density at radius 3 is 2.39 bits per heavy atom. The van der Waals surface area contributed by atoms with Crippen LogP contribution in [0.4, 0.5) is 5.69 Å². The monoisotopic (exact) mass is 266 g/mol. The molecule has 0 atom stereocenters. The van der Waals surface area contributed by atoms with Crippen LogP contribution in [0.1, 0.15) is 28.4 Å². The van der Waals surface area contributed by atoms with Crippen molar-refractivity contribution in [2.24, 2.45) is 0 Å². The molecule has 0 saturated heterocycles. The maximum atomic E-state index is 11.0. The van der Waals surface area contributed by atoms with Gasteiger partial charge in [-0.05, 0) is 43.3 Å². The minimum Gasteiger partial charge on any atom is -0.478 e. The van der Waals surface area contributed by atoms with Crippen molar-refractivity contribution in [1.82, 2.24) is 5.32 Å². The van der Waals surface area contributed by atoms with E-state index in [1.54, 1.807) is 19.1 Å². The molecule has 0 aromatic heterocycles. The number of carboxylic acid groups (broad SMARTS) is 1. The number of hydrogen-bond donors (Lipinski definition) is 3. The minimum absolute atomic E-state index is 0.149. The summed E-state index contributed by atoms with van der Waals surface area (Å²) in [5, 5.41) is 14.4. The molecule has 18 heavy (non-hydrogen) atoms. The van der Waals surface area contributed by atoms with Crippen molar-refractivity contribution < 1.29 is 14.7 Å². The smallest absolute Gasteiger partial charge is 0.336 e. The number of benzene rings is 1. The first-order chi connectivity index (χ1) is 8.32. The third-order valence-corrected chi connectivity index (χ3v) is 2.64. The zero-order valence-electron chi connectivity index (χ0n) is 10.3. The fourth-order valence-electron chi connectivity index (χ4n) is 1.58. The van der Waals surface area contributed by atoms with Crippen molar-refractivity contribution >= 4 is 34.9 Å². The van der Waals surface area contributed by atoms with Crippen LogP contribution in [0.15, 0.2) is 12.1 Å². The van der Waals surface area contributed by atoms with E-state index >= 15 is 0 Å². The number of carbonyl (C=O) groups excluding carboxylic acids is 1. The molecule has 0 aliphatic heterocycles. The van der Waals surface area contributed by atoms with Gasteiger partial charge in [-0.3, -0.25) is 4.79 Å². The summed E-state index contributed by atoms with van der Waals surface area (Å²) in [6.45, 7) is 4.87. The molecule has 5 nitrogen and oxygen atoms in total. The van der Waals surface area contributed by atoms with Gasteiger partial charge in [0, 0.05) is 12.6 Å². The van der Waals surface area contributed by atoms with Crippen LogP contribution in [-0.2, 0) is 4.79 Å². The van der Waals surface area contributed by atoms with E-state index in [-0.39, 0.29) is 16.6 Å². The normalized spacial score (nSPS) is 9.72. The molecule has 0 radical (unpaired) electrons. The van der Waals surface area contributed by atoms with Crippen LogP contribution < -0.4 is 10.6 Å². The number of carboxylic acids is 1. The molecule has 96 valence electrons. The molecule has 1 rings (SSSR count). The Kier molecular flexibility index (Phi) is 4.38. The number of thiocarbonyl (C=S) groups is 1. The van der Waals surface area contributed by atoms with Gasteiger partial charge in [-0.1, -0.05) is 6.07 Å². The fraction of sp³-hybridized carbons (Fsp3) is 0.250. The summed E-state index contributed by atoms with van der Waals surface area (Å²) in [6, 6.07) is 3.23. The lowest BCUT2D eigenvalue weighted by Crippen LogP contribution is -2.32. The second kappa shape index (κ2) is 5.59. The van der Waals surface area contributed by atoms with Gasteiger partial charge in [-0.15, -0.1) is 0 Å². The lowest BCUT2D eigenvalue weighted by Gasteiger charge is -2.15. The highest BCUT2D eigenvalue weighted by atomic mass is 32.1. The standard InChI is InChI=1S/C12H14N2O3S/c1-6-4-5-9(11(16)17)7(2)10(6)14-12(18)13-8(3)15/h4-5H,1-3H3,(H,16,17)(H2,13,14,15,18). The second-order valence-corrected chi connectivity index (χ2v) is 4.28. The first kappa shape index (κ1) is 14.1. The van der Waals surface area contributed by atoms with E-state index in [4.69, 9.17) is 17.3 Å². The summed E-state index contributed by atoms with van der Waals surface area (Å²) in [6.07, 6.45) is 0. The Bertz CT molecular complexity index is 526. The van der Waals surface area contributed by atoms with E-state index in [2.05, 4.69) is 10.6 Å². The summed E-state index contributed by atoms with van der Waals surface area (Å²) in [5.41, 5.74) is 2.24. The lowest BCUT2D eigenvalue weighted by atomic mass is 10.0. The lowest BCUT2D eigenvalue weighted by molar-refractivity contribution is -0.117. The topological polar surface area (TPSA) is 78.4 Å². The van der Waals surface area contributed by atoms with Crippen LogP contribution in [0, 0.1) is 13.8 Å². The molecule has 1 aromatic carbocycles. The van der Waals surface area contributed by atoms with E-state index in [0.29, 0.717) is 11.3 Å². The first-order valence-electron chi connectivity index (χ1n) is 5.25. The maximum Gasteiger partial charge on any atom is 0.336 e. The van der Waals surface area contributed by atoms with Crippen LogP contribution in [0.3, 0.4) is 0 Å². The summed E-state index contributed by atoms with van der Waals surface area (Å²) in [4.78, 5) is 21.9. The molecule has 0 saturated carbocycles. The van der Waals surface area contributed by atoms with E-state index in [1.807, 2.05) is 6.92 Å². The third kappa shape index (κ3) is 3.27. The van der Waals surface area contributed by atoms with Crippen LogP contribution in [0.25, 0.3) is 0 Å². The number of nitrogens with one attached hydrogen (secondary N) is 2. The van der Waals surface area contributed by atoms with Crippen LogP contribution in [0.5, 0.6) is 0 Å². The average Bonchev–Trinajstić information content (AvgIpc) is 2.22. The molecule has 6 heteroatoms. The van der Waals surface area contributed by atoms with Crippen LogP contribution >= 0.6 is 12.2 Å². The van der Waals surface area contributed by atoms with Crippen molar-refractivity contribution in [2.45, 2.75) is 20.8 Å². The van der Waals surface area contributed by atoms with Gasteiger partial charge in [-0.2, -0.15) is 0 Å². The number of anilines is 1. The Morgan fingerprint density at radius 1 is 1.28 bits per heavy atom. The fourth-order valence-corrected chi connectivity index (χ4v) is 1.82.